The zero-order valence-electron chi connectivity index (χ0n) is 20.2. The van der Waals surface area contributed by atoms with Gasteiger partial charge in [-0.1, -0.05) is 105 Å². The number of hydrogen-bond acceptors (Lipinski definition) is 0. The second-order valence-corrected chi connectivity index (χ2v) is 17.0. The van der Waals surface area contributed by atoms with Gasteiger partial charge in [-0.15, -0.1) is 0 Å². The molecule has 31 heavy (non-hydrogen) atoms. The van der Waals surface area contributed by atoms with Crippen molar-refractivity contribution in [2.45, 2.75) is 157 Å². The Hall–Kier alpha value is 0.340. The first-order valence-electron chi connectivity index (χ1n) is 14.4. The van der Waals surface area contributed by atoms with E-state index in [9.17, 15) is 0 Å². The van der Waals surface area contributed by atoms with E-state index in [1.54, 1.807) is 51.4 Å². The molecule has 0 aromatic rings. The molecular weight excluding hydrogens is 410 g/mol. The van der Waals surface area contributed by atoms with Crippen LogP contribution >= 0.6 is 15.8 Å². The van der Waals surface area contributed by atoms with E-state index in [0.717, 1.165) is 22.6 Å². The Balaban J connectivity index is 1.48. The topological polar surface area (TPSA) is 0 Å². The zero-order valence-corrected chi connectivity index (χ0v) is 22.0. The standard InChI is InChI=1S/C29H48P2/c1-5-14-24(15-6-1)30(25-16-7-2-8-17-25)28-22-13-23-29(28)31(26-18-9-3-10-19-26)27-20-11-4-12-21-27/h13,22,24-27H,1-12,14-21,23H2. The first-order valence-corrected chi connectivity index (χ1v) is 17.3. The van der Waals surface area contributed by atoms with Gasteiger partial charge in [-0.05, 0) is 91.1 Å². The van der Waals surface area contributed by atoms with Crippen LogP contribution in [0, 0.1) is 0 Å². The number of rotatable bonds is 6. The van der Waals surface area contributed by atoms with Crippen LogP contribution in [-0.4, -0.2) is 22.6 Å². The highest BCUT2D eigenvalue weighted by Crippen LogP contribution is 2.70. The molecule has 174 valence electrons. The van der Waals surface area contributed by atoms with Gasteiger partial charge in [0, 0.05) is 0 Å². The maximum atomic E-state index is 2.74. The van der Waals surface area contributed by atoms with E-state index in [1.165, 1.54) is 83.5 Å². The van der Waals surface area contributed by atoms with E-state index in [2.05, 4.69) is 17.5 Å². The van der Waals surface area contributed by atoms with Gasteiger partial charge in [0.25, 0.3) is 0 Å². The largest absolute Gasteiger partial charge is 0.0794 e. The zero-order chi connectivity index (χ0) is 20.9. The van der Waals surface area contributed by atoms with E-state index in [1.807, 2.05) is 5.31 Å². The molecule has 5 rings (SSSR count). The van der Waals surface area contributed by atoms with Gasteiger partial charge in [0.1, 0.15) is 0 Å². The highest BCUT2D eigenvalue weighted by molar-refractivity contribution is 7.68. The molecule has 2 heteroatoms. The van der Waals surface area contributed by atoms with Crippen molar-refractivity contribution in [3.8, 4) is 0 Å². The fourth-order valence-corrected chi connectivity index (χ4v) is 16.4. The van der Waals surface area contributed by atoms with Crippen LogP contribution in [0.5, 0.6) is 0 Å². The van der Waals surface area contributed by atoms with E-state index in [4.69, 9.17) is 0 Å². The first-order chi connectivity index (χ1) is 15.4. The van der Waals surface area contributed by atoms with Crippen molar-refractivity contribution in [1.29, 1.82) is 0 Å². The molecule has 4 fully saturated rings. The summed E-state index contributed by atoms with van der Waals surface area (Å²) in [7, 11) is 0.218. The summed E-state index contributed by atoms with van der Waals surface area (Å²) in [5, 5.41) is 4.12. The smallest absolute Gasteiger partial charge is 0.00831 e. The molecular formula is C29H48P2. The second-order valence-electron chi connectivity index (χ2n) is 11.4. The third-order valence-corrected chi connectivity index (χ3v) is 16.8. The van der Waals surface area contributed by atoms with Crippen molar-refractivity contribution in [3.63, 3.8) is 0 Å². The first kappa shape index (κ1) is 23.1. The summed E-state index contributed by atoms with van der Waals surface area (Å²) in [6, 6.07) is 0. The van der Waals surface area contributed by atoms with E-state index in [0.29, 0.717) is 0 Å². The van der Waals surface area contributed by atoms with Crippen molar-refractivity contribution in [2.24, 2.45) is 0 Å². The summed E-state index contributed by atoms with van der Waals surface area (Å²) < 4.78 is 0. The Kier molecular flexibility index (Phi) is 8.68. The SMILES string of the molecule is C1=CC(P(C2CCCCC2)C2CCCCC2)=C(P(C2CCCCC2)C2CCCCC2)C1. The van der Waals surface area contributed by atoms with Gasteiger partial charge in [0.15, 0.2) is 0 Å². The van der Waals surface area contributed by atoms with Crippen LogP contribution < -0.4 is 0 Å². The van der Waals surface area contributed by atoms with Crippen molar-refractivity contribution in [3.05, 3.63) is 22.8 Å². The van der Waals surface area contributed by atoms with Gasteiger partial charge >= 0.3 is 0 Å². The highest BCUT2D eigenvalue weighted by Gasteiger charge is 2.39. The maximum absolute atomic E-state index is 2.74. The second kappa shape index (κ2) is 11.7. The molecule has 0 aromatic carbocycles. The monoisotopic (exact) mass is 458 g/mol. The minimum Gasteiger partial charge on any atom is -0.0794 e. The van der Waals surface area contributed by atoms with Gasteiger partial charge in [-0.25, -0.2) is 0 Å². The van der Waals surface area contributed by atoms with Crippen LogP contribution in [-0.2, 0) is 0 Å². The average molecular weight is 459 g/mol. The Morgan fingerprint density at radius 2 is 0.806 bits per heavy atom. The minimum absolute atomic E-state index is 0.0971. The highest BCUT2D eigenvalue weighted by atomic mass is 31.1. The third-order valence-electron chi connectivity index (χ3n) is 9.34. The van der Waals surface area contributed by atoms with Gasteiger partial charge in [0.05, 0.1) is 0 Å². The average Bonchev–Trinajstić information content (AvgIpc) is 3.31. The molecule has 5 aliphatic carbocycles. The van der Waals surface area contributed by atoms with Crippen LogP contribution in [0.25, 0.3) is 0 Å². The Morgan fingerprint density at radius 1 is 0.452 bits per heavy atom. The maximum Gasteiger partial charge on any atom is -0.00831 e. The Bertz CT molecular complexity index is 575. The van der Waals surface area contributed by atoms with Crippen molar-refractivity contribution >= 4 is 15.8 Å². The lowest BCUT2D eigenvalue weighted by Gasteiger charge is -2.43. The number of hydrogen-bond donors (Lipinski definition) is 0. The summed E-state index contributed by atoms with van der Waals surface area (Å²) in [5.74, 6) is 0. The normalized spacial score (nSPS) is 28.3. The molecule has 0 bridgehead atoms. The quantitative estimate of drug-likeness (QED) is 0.347. The fourth-order valence-electron chi connectivity index (χ4n) is 7.82. The van der Waals surface area contributed by atoms with Crippen LogP contribution in [0.3, 0.4) is 0 Å². The predicted octanol–water partition coefficient (Wildman–Crippen LogP) is 10.5. The van der Waals surface area contributed by atoms with Gasteiger partial charge in [0.2, 0.25) is 0 Å². The molecule has 5 aliphatic rings. The molecule has 0 amide bonds. The predicted molar refractivity (Wildman–Crippen MR) is 142 cm³/mol. The summed E-state index contributed by atoms with van der Waals surface area (Å²) in [6.45, 7) is 0. The molecule has 0 heterocycles. The lowest BCUT2D eigenvalue weighted by Crippen LogP contribution is -2.23. The lowest BCUT2D eigenvalue weighted by atomic mass is 9.99. The molecule has 0 aliphatic heterocycles. The Morgan fingerprint density at radius 3 is 1.19 bits per heavy atom. The van der Waals surface area contributed by atoms with Crippen molar-refractivity contribution < 1.29 is 0 Å². The van der Waals surface area contributed by atoms with E-state index in [-0.39, 0.29) is 15.8 Å². The molecule has 0 aromatic heterocycles. The molecule has 4 saturated carbocycles. The summed E-state index contributed by atoms with van der Waals surface area (Å²) in [6.07, 6.45) is 37.6. The van der Waals surface area contributed by atoms with Crippen LogP contribution in [0.2, 0.25) is 0 Å². The van der Waals surface area contributed by atoms with Crippen LogP contribution in [0.15, 0.2) is 22.8 Å². The van der Waals surface area contributed by atoms with Crippen molar-refractivity contribution in [1.82, 2.24) is 0 Å². The molecule has 0 unspecified atom stereocenters. The minimum atomic E-state index is 0.0971. The molecule has 0 nitrogen and oxygen atoms in total. The molecule has 0 saturated heterocycles. The third kappa shape index (κ3) is 5.54. The van der Waals surface area contributed by atoms with E-state index < -0.39 is 0 Å². The summed E-state index contributed by atoms with van der Waals surface area (Å²) in [4.78, 5) is 0. The van der Waals surface area contributed by atoms with Gasteiger partial charge in [-0.3, -0.25) is 0 Å². The lowest BCUT2D eigenvalue weighted by molar-refractivity contribution is 0.485. The van der Waals surface area contributed by atoms with Crippen LogP contribution in [0.4, 0.5) is 0 Å². The molecule has 0 atom stereocenters. The molecule has 0 radical (unpaired) electrons. The van der Waals surface area contributed by atoms with E-state index >= 15 is 0 Å². The van der Waals surface area contributed by atoms with Crippen LogP contribution in [0.1, 0.15) is 135 Å². The summed E-state index contributed by atoms with van der Waals surface area (Å²) >= 11 is 0. The fraction of sp³-hybridized carbons (Fsp3) is 0.862. The van der Waals surface area contributed by atoms with Gasteiger partial charge < -0.3 is 0 Å². The summed E-state index contributed by atoms with van der Waals surface area (Å²) in [5.41, 5.74) is 4.33. The number of allylic oxidation sites excluding steroid dienone is 4. The van der Waals surface area contributed by atoms with Crippen molar-refractivity contribution in [2.75, 3.05) is 0 Å². The molecule has 0 N–H and O–H groups in total. The molecule has 0 spiro atoms. The Labute approximate surface area is 196 Å². The van der Waals surface area contributed by atoms with Gasteiger partial charge in [-0.2, -0.15) is 0 Å².